The number of rotatable bonds is 5. The summed E-state index contributed by atoms with van der Waals surface area (Å²) in [5.74, 6) is -1.19. The van der Waals surface area contributed by atoms with Crippen LogP contribution in [0.4, 0.5) is 14.7 Å². The minimum Gasteiger partial charge on any atom is -0.389 e. The van der Waals surface area contributed by atoms with Crippen molar-refractivity contribution in [1.29, 1.82) is 0 Å². The zero-order chi connectivity index (χ0) is 27.4. The van der Waals surface area contributed by atoms with Crippen LogP contribution >= 0.6 is 0 Å². The van der Waals surface area contributed by atoms with Crippen molar-refractivity contribution in [2.45, 2.75) is 69.6 Å². The quantitative estimate of drug-likeness (QED) is 0.436. The van der Waals surface area contributed by atoms with Crippen molar-refractivity contribution in [3.8, 4) is 11.3 Å². The molecule has 2 aromatic heterocycles. The topological polar surface area (TPSA) is 110 Å². The van der Waals surface area contributed by atoms with Crippen LogP contribution in [-0.2, 0) is 15.1 Å². The minimum atomic E-state index is -1.05. The third-order valence-electron chi connectivity index (χ3n) is 8.59. The molecule has 10 heteroatoms. The molecule has 3 aromatic rings. The van der Waals surface area contributed by atoms with E-state index in [0.29, 0.717) is 50.0 Å². The average molecular weight is 541 g/mol. The summed E-state index contributed by atoms with van der Waals surface area (Å²) in [4.78, 5) is 12.8. The second-order valence-corrected chi connectivity index (χ2v) is 11.7. The van der Waals surface area contributed by atoms with Crippen molar-refractivity contribution >= 4 is 16.9 Å². The van der Waals surface area contributed by atoms with E-state index in [2.05, 4.69) is 20.3 Å². The van der Waals surface area contributed by atoms with Gasteiger partial charge in [-0.25, -0.2) is 18.7 Å². The highest BCUT2D eigenvalue weighted by molar-refractivity contribution is 5.89. The fourth-order valence-electron chi connectivity index (χ4n) is 6.64. The smallest absolute Gasteiger partial charge is 0.223 e. The van der Waals surface area contributed by atoms with E-state index >= 15 is 8.78 Å². The molecule has 3 aliphatic rings. The largest absolute Gasteiger partial charge is 0.389 e. The zero-order valence-corrected chi connectivity index (χ0v) is 22.2. The van der Waals surface area contributed by atoms with E-state index < -0.39 is 23.3 Å². The zero-order valence-electron chi connectivity index (χ0n) is 22.2. The number of anilines is 1. The molecule has 6 rings (SSSR count). The van der Waals surface area contributed by atoms with Gasteiger partial charge in [-0.1, -0.05) is 13.8 Å². The van der Waals surface area contributed by atoms with Crippen molar-refractivity contribution in [2.24, 2.45) is 5.41 Å². The summed E-state index contributed by atoms with van der Waals surface area (Å²) in [6, 6.07) is 2.59. The van der Waals surface area contributed by atoms with Crippen LogP contribution in [0.25, 0.3) is 22.2 Å². The molecular weight excluding hydrogens is 506 g/mol. The molecule has 0 unspecified atom stereocenters. The van der Waals surface area contributed by atoms with Gasteiger partial charge in [0, 0.05) is 42.5 Å². The maximum Gasteiger partial charge on any atom is 0.223 e. The first-order chi connectivity index (χ1) is 18.7. The Morgan fingerprint density at radius 1 is 1.03 bits per heavy atom. The summed E-state index contributed by atoms with van der Waals surface area (Å²) in [7, 11) is 0. The number of pyridine rings is 1. The Kier molecular flexibility index (Phi) is 6.77. The van der Waals surface area contributed by atoms with Crippen molar-refractivity contribution < 1.29 is 28.5 Å². The predicted molar refractivity (Wildman–Crippen MR) is 141 cm³/mol. The van der Waals surface area contributed by atoms with Crippen molar-refractivity contribution in [3.05, 3.63) is 47.3 Å². The van der Waals surface area contributed by atoms with Crippen LogP contribution in [0.3, 0.4) is 0 Å². The number of ether oxygens (including phenoxy) is 2. The van der Waals surface area contributed by atoms with E-state index in [0.717, 1.165) is 24.6 Å². The molecule has 2 aliphatic heterocycles. The van der Waals surface area contributed by atoms with E-state index in [1.165, 1.54) is 6.07 Å². The Morgan fingerprint density at radius 2 is 1.79 bits per heavy atom. The van der Waals surface area contributed by atoms with Gasteiger partial charge in [-0.05, 0) is 61.1 Å². The lowest BCUT2D eigenvalue weighted by atomic mass is 9.53. The van der Waals surface area contributed by atoms with Gasteiger partial charge in [-0.2, -0.15) is 0 Å². The number of benzene rings is 1. The van der Waals surface area contributed by atoms with E-state index in [-0.39, 0.29) is 46.7 Å². The molecule has 0 radical (unpaired) electrons. The number of fused-ring (bicyclic) bond motifs is 1. The van der Waals surface area contributed by atoms with Gasteiger partial charge in [0.05, 0.1) is 30.6 Å². The van der Waals surface area contributed by atoms with Gasteiger partial charge in [0.25, 0.3) is 0 Å². The standard InChI is InChI=1S/C29H34F2N4O4/c1-16(2)24-18-9-17(25-21(31)12-33-27(35-25)34-22-3-6-39-13-23(22)36)10-20(30)26(18)32-11-19(24)29(37)14-28(15-29)4-7-38-8-5-28/h9-12,16,22-23,36-37H,3-8,13-15H2,1-2H3,(H,33,34,35)/t22-,23-/m1/s1. The molecule has 0 bridgehead atoms. The molecule has 8 nitrogen and oxygen atoms in total. The van der Waals surface area contributed by atoms with Crippen molar-refractivity contribution in [1.82, 2.24) is 15.0 Å². The average Bonchev–Trinajstić information content (AvgIpc) is 2.90. The normalized spacial score (nSPS) is 24.2. The molecule has 1 saturated carbocycles. The van der Waals surface area contributed by atoms with Gasteiger partial charge < -0.3 is 25.0 Å². The summed E-state index contributed by atoms with van der Waals surface area (Å²) in [6.07, 6.45) is 5.52. The van der Waals surface area contributed by atoms with E-state index in [1.54, 1.807) is 12.3 Å². The van der Waals surface area contributed by atoms with Crippen LogP contribution in [0.2, 0.25) is 0 Å². The highest BCUT2D eigenvalue weighted by Gasteiger charge is 2.55. The predicted octanol–water partition coefficient (Wildman–Crippen LogP) is 4.43. The summed E-state index contributed by atoms with van der Waals surface area (Å²) in [5.41, 5.74) is 0.895. The molecular formula is C29H34F2N4O4. The lowest BCUT2D eigenvalue weighted by Gasteiger charge is -2.56. The first-order valence-electron chi connectivity index (χ1n) is 13.7. The van der Waals surface area contributed by atoms with E-state index in [9.17, 15) is 10.2 Å². The Labute approximate surface area is 225 Å². The second-order valence-electron chi connectivity index (χ2n) is 11.7. The molecule has 2 atom stereocenters. The molecule has 2 saturated heterocycles. The summed E-state index contributed by atoms with van der Waals surface area (Å²) < 4.78 is 41.3. The molecule has 39 heavy (non-hydrogen) atoms. The number of nitrogens with zero attached hydrogens (tertiary/aromatic N) is 3. The van der Waals surface area contributed by atoms with Crippen LogP contribution < -0.4 is 5.32 Å². The molecule has 3 fully saturated rings. The van der Waals surface area contributed by atoms with E-state index in [1.807, 2.05) is 13.8 Å². The third kappa shape index (κ3) is 4.77. The first kappa shape index (κ1) is 26.4. The number of nitrogens with one attached hydrogen (secondary N) is 1. The highest BCUT2D eigenvalue weighted by Crippen LogP contribution is 2.60. The van der Waals surface area contributed by atoms with Crippen LogP contribution in [0.5, 0.6) is 0 Å². The monoisotopic (exact) mass is 540 g/mol. The first-order valence-corrected chi connectivity index (χ1v) is 13.7. The Bertz CT molecular complexity index is 1390. The van der Waals surface area contributed by atoms with Gasteiger partial charge in [-0.3, -0.25) is 4.98 Å². The fraction of sp³-hybridized carbons (Fsp3) is 0.552. The van der Waals surface area contributed by atoms with Crippen LogP contribution in [-0.4, -0.2) is 63.7 Å². The molecule has 1 aliphatic carbocycles. The molecule has 3 N–H and O–H groups in total. The van der Waals surface area contributed by atoms with Gasteiger partial charge in [0.1, 0.15) is 17.0 Å². The molecule has 4 heterocycles. The summed E-state index contributed by atoms with van der Waals surface area (Å²) in [5, 5.41) is 25.5. The molecule has 0 amide bonds. The Morgan fingerprint density at radius 3 is 2.51 bits per heavy atom. The number of hydrogen-bond acceptors (Lipinski definition) is 8. The molecule has 1 aromatic carbocycles. The van der Waals surface area contributed by atoms with Crippen LogP contribution in [0.15, 0.2) is 24.5 Å². The Hall–Kier alpha value is -2.79. The van der Waals surface area contributed by atoms with Crippen molar-refractivity contribution in [2.75, 3.05) is 31.7 Å². The van der Waals surface area contributed by atoms with Crippen molar-refractivity contribution in [3.63, 3.8) is 0 Å². The number of aliphatic hydroxyl groups excluding tert-OH is 1. The second kappa shape index (κ2) is 9.99. The highest BCUT2D eigenvalue weighted by atomic mass is 19.1. The Balaban J connectivity index is 1.40. The lowest BCUT2D eigenvalue weighted by molar-refractivity contribution is -0.169. The van der Waals surface area contributed by atoms with Crippen LogP contribution in [0, 0.1) is 17.0 Å². The van der Waals surface area contributed by atoms with Crippen LogP contribution in [0.1, 0.15) is 63.0 Å². The number of aliphatic hydroxyl groups is 2. The van der Waals surface area contributed by atoms with Gasteiger partial charge in [0.15, 0.2) is 5.82 Å². The van der Waals surface area contributed by atoms with Gasteiger partial charge in [-0.15, -0.1) is 0 Å². The molecule has 1 spiro atoms. The minimum absolute atomic E-state index is 0.0436. The van der Waals surface area contributed by atoms with Gasteiger partial charge >= 0.3 is 0 Å². The lowest BCUT2D eigenvalue weighted by Crippen LogP contribution is -2.52. The number of aromatic nitrogens is 3. The van der Waals surface area contributed by atoms with E-state index in [4.69, 9.17) is 9.47 Å². The number of halogens is 2. The molecule has 208 valence electrons. The SMILES string of the molecule is CC(C)c1c(C2(O)CC3(CCOCC3)C2)cnc2c(F)cc(-c3nc(N[C@@H]4CCOC[C@H]4O)ncc3F)cc12. The van der Waals surface area contributed by atoms with Gasteiger partial charge in [0.2, 0.25) is 5.95 Å². The third-order valence-corrected chi connectivity index (χ3v) is 8.59. The fourth-order valence-corrected chi connectivity index (χ4v) is 6.64. The summed E-state index contributed by atoms with van der Waals surface area (Å²) >= 11 is 0. The maximum atomic E-state index is 15.5. The number of hydrogen-bond donors (Lipinski definition) is 3. The summed E-state index contributed by atoms with van der Waals surface area (Å²) in [6.45, 7) is 6.07. The maximum absolute atomic E-state index is 15.5.